The van der Waals surface area contributed by atoms with Gasteiger partial charge in [-0.1, -0.05) is 19.1 Å². The molecule has 0 bridgehead atoms. The van der Waals surface area contributed by atoms with E-state index in [1.54, 1.807) is 7.11 Å². The number of carbonyl (C=O) groups excluding carboxylic acids is 2. The number of hydrogen-bond donors (Lipinski definition) is 1. The highest BCUT2D eigenvalue weighted by atomic mass is 16.5. The van der Waals surface area contributed by atoms with E-state index in [1.807, 2.05) is 29.2 Å². The molecule has 2 fully saturated rings. The summed E-state index contributed by atoms with van der Waals surface area (Å²) in [5.74, 6) is 1.87. The van der Waals surface area contributed by atoms with E-state index in [4.69, 9.17) is 4.74 Å². The second-order valence-electron chi connectivity index (χ2n) is 7.01. The van der Waals surface area contributed by atoms with E-state index in [0.717, 1.165) is 30.6 Å². The van der Waals surface area contributed by atoms with Crippen LogP contribution >= 0.6 is 0 Å². The standard InChI is InChI=1S/C19H26N2O3/c1-13-10-17(13)19(23)20-15-6-8-21(9-7-15)18(22)12-14-4-3-5-16(11-14)24-2/h3-5,11,13,15,17H,6-10,12H2,1-2H3,(H,20,23)/t13-,17+/m0/s1. The third-order valence-corrected chi connectivity index (χ3v) is 5.13. The van der Waals surface area contributed by atoms with Crippen molar-refractivity contribution in [2.24, 2.45) is 11.8 Å². The van der Waals surface area contributed by atoms with Gasteiger partial charge in [0.15, 0.2) is 0 Å². The number of amides is 2. The van der Waals surface area contributed by atoms with Gasteiger partial charge in [0, 0.05) is 25.0 Å². The molecule has 1 saturated heterocycles. The summed E-state index contributed by atoms with van der Waals surface area (Å²) in [4.78, 5) is 26.4. The lowest BCUT2D eigenvalue weighted by atomic mass is 10.0. The maximum absolute atomic E-state index is 12.5. The van der Waals surface area contributed by atoms with Gasteiger partial charge < -0.3 is 15.0 Å². The number of ether oxygens (including phenoxy) is 1. The molecule has 0 aromatic heterocycles. The average molecular weight is 330 g/mol. The number of benzene rings is 1. The van der Waals surface area contributed by atoms with Crippen LogP contribution in [0.5, 0.6) is 5.75 Å². The van der Waals surface area contributed by atoms with Crippen LogP contribution in [0.1, 0.15) is 31.7 Å². The molecule has 1 aliphatic carbocycles. The molecule has 3 rings (SSSR count). The van der Waals surface area contributed by atoms with E-state index in [2.05, 4.69) is 12.2 Å². The van der Waals surface area contributed by atoms with Crippen molar-refractivity contribution < 1.29 is 14.3 Å². The van der Waals surface area contributed by atoms with E-state index in [0.29, 0.717) is 25.4 Å². The van der Waals surface area contributed by atoms with Gasteiger partial charge in [-0.3, -0.25) is 9.59 Å². The molecule has 2 amide bonds. The van der Waals surface area contributed by atoms with Crippen molar-refractivity contribution in [1.29, 1.82) is 0 Å². The van der Waals surface area contributed by atoms with Gasteiger partial charge in [0.1, 0.15) is 5.75 Å². The van der Waals surface area contributed by atoms with Crippen LogP contribution in [0.25, 0.3) is 0 Å². The highest BCUT2D eigenvalue weighted by Crippen LogP contribution is 2.37. The predicted molar refractivity (Wildman–Crippen MR) is 91.7 cm³/mol. The predicted octanol–water partition coefficient (Wildman–Crippen LogP) is 2.00. The summed E-state index contributed by atoms with van der Waals surface area (Å²) >= 11 is 0. The molecule has 24 heavy (non-hydrogen) atoms. The maximum atomic E-state index is 12.5. The lowest BCUT2D eigenvalue weighted by molar-refractivity contribution is -0.131. The van der Waals surface area contributed by atoms with Gasteiger partial charge in [0.2, 0.25) is 11.8 Å². The maximum Gasteiger partial charge on any atom is 0.226 e. The first-order valence-corrected chi connectivity index (χ1v) is 8.78. The summed E-state index contributed by atoms with van der Waals surface area (Å²) in [6, 6.07) is 7.85. The number of methoxy groups -OCH3 is 1. The lowest BCUT2D eigenvalue weighted by Gasteiger charge is -2.32. The first-order valence-electron chi connectivity index (χ1n) is 8.78. The van der Waals surface area contributed by atoms with Gasteiger partial charge in [-0.05, 0) is 42.9 Å². The number of nitrogens with zero attached hydrogens (tertiary/aromatic N) is 1. The molecule has 2 aliphatic rings. The SMILES string of the molecule is COc1cccc(CC(=O)N2CCC(NC(=O)[C@@H]3C[C@@H]3C)CC2)c1. The van der Waals surface area contributed by atoms with Crippen LogP contribution in [0, 0.1) is 11.8 Å². The molecule has 2 atom stereocenters. The van der Waals surface area contributed by atoms with Crippen LogP contribution in [0.3, 0.4) is 0 Å². The Balaban J connectivity index is 1.45. The van der Waals surface area contributed by atoms with Crippen LogP contribution in [0.4, 0.5) is 0 Å². The largest absolute Gasteiger partial charge is 0.497 e. The van der Waals surface area contributed by atoms with E-state index in [-0.39, 0.29) is 23.8 Å². The number of hydrogen-bond acceptors (Lipinski definition) is 3. The van der Waals surface area contributed by atoms with E-state index >= 15 is 0 Å². The van der Waals surface area contributed by atoms with Crippen LogP contribution < -0.4 is 10.1 Å². The molecular formula is C19H26N2O3. The monoisotopic (exact) mass is 330 g/mol. The van der Waals surface area contributed by atoms with Crippen molar-refractivity contribution >= 4 is 11.8 Å². The molecule has 1 aromatic rings. The van der Waals surface area contributed by atoms with Crippen LogP contribution in [0.2, 0.25) is 0 Å². The number of rotatable bonds is 5. The number of likely N-dealkylation sites (tertiary alicyclic amines) is 1. The zero-order valence-electron chi connectivity index (χ0n) is 14.5. The topological polar surface area (TPSA) is 58.6 Å². The fourth-order valence-corrected chi connectivity index (χ4v) is 3.34. The van der Waals surface area contributed by atoms with Crippen molar-refractivity contribution in [3.63, 3.8) is 0 Å². The molecule has 130 valence electrons. The van der Waals surface area contributed by atoms with Crippen LogP contribution in [-0.4, -0.2) is 43.0 Å². The van der Waals surface area contributed by atoms with Crippen molar-refractivity contribution in [1.82, 2.24) is 10.2 Å². The fourth-order valence-electron chi connectivity index (χ4n) is 3.34. The van der Waals surface area contributed by atoms with Crippen LogP contribution in [0.15, 0.2) is 24.3 Å². The Kier molecular flexibility index (Phi) is 5.07. The molecule has 1 aromatic carbocycles. The molecule has 1 aliphatic heterocycles. The van der Waals surface area contributed by atoms with Crippen molar-refractivity contribution in [3.8, 4) is 5.75 Å². The average Bonchev–Trinajstić information content (AvgIpc) is 3.32. The molecule has 5 nitrogen and oxygen atoms in total. The third kappa shape index (κ3) is 4.08. The molecule has 0 spiro atoms. The Morgan fingerprint density at radius 1 is 1.29 bits per heavy atom. The Labute approximate surface area is 143 Å². The van der Waals surface area contributed by atoms with E-state index < -0.39 is 0 Å². The van der Waals surface area contributed by atoms with Crippen molar-refractivity contribution in [2.45, 2.75) is 38.6 Å². The van der Waals surface area contributed by atoms with E-state index in [1.165, 1.54) is 0 Å². The zero-order chi connectivity index (χ0) is 17.1. The second-order valence-corrected chi connectivity index (χ2v) is 7.01. The van der Waals surface area contributed by atoms with Crippen molar-refractivity contribution in [3.05, 3.63) is 29.8 Å². The summed E-state index contributed by atoms with van der Waals surface area (Å²) in [6.45, 7) is 3.55. The number of piperidine rings is 1. The van der Waals surface area contributed by atoms with Gasteiger partial charge in [-0.15, -0.1) is 0 Å². The first-order chi connectivity index (χ1) is 11.6. The summed E-state index contributed by atoms with van der Waals surface area (Å²) in [7, 11) is 1.63. The number of nitrogens with one attached hydrogen (secondary N) is 1. The Bertz CT molecular complexity index is 608. The molecule has 1 saturated carbocycles. The zero-order valence-corrected chi connectivity index (χ0v) is 14.5. The van der Waals surface area contributed by atoms with Gasteiger partial charge in [0.05, 0.1) is 13.5 Å². The molecule has 0 radical (unpaired) electrons. The normalized spacial score (nSPS) is 23.7. The smallest absolute Gasteiger partial charge is 0.226 e. The summed E-state index contributed by atoms with van der Waals surface area (Å²) in [5.41, 5.74) is 0.970. The molecule has 1 N–H and O–H groups in total. The molecular weight excluding hydrogens is 304 g/mol. The van der Waals surface area contributed by atoms with Crippen LogP contribution in [-0.2, 0) is 16.0 Å². The minimum atomic E-state index is 0.142. The van der Waals surface area contributed by atoms with Gasteiger partial charge in [-0.25, -0.2) is 0 Å². The van der Waals surface area contributed by atoms with Gasteiger partial charge in [-0.2, -0.15) is 0 Å². The summed E-state index contributed by atoms with van der Waals surface area (Å²) in [6.07, 6.45) is 3.10. The second kappa shape index (κ2) is 7.24. The highest BCUT2D eigenvalue weighted by Gasteiger charge is 2.40. The molecule has 5 heteroatoms. The summed E-state index contributed by atoms with van der Waals surface area (Å²) in [5, 5.41) is 3.14. The number of carbonyl (C=O) groups is 2. The molecule has 1 heterocycles. The molecule has 0 unspecified atom stereocenters. The lowest BCUT2D eigenvalue weighted by Crippen LogP contribution is -2.47. The quantitative estimate of drug-likeness (QED) is 0.898. The highest BCUT2D eigenvalue weighted by molar-refractivity contribution is 5.82. The first kappa shape index (κ1) is 16.8. The van der Waals surface area contributed by atoms with Gasteiger partial charge >= 0.3 is 0 Å². The van der Waals surface area contributed by atoms with Crippen molar-refractivity contribution in [2.75, 3.05) is 20.2 Å². The summed E-state index contributed by atoms with van der Waals surface area (Å²) < 4.78 is 5.20. The minimum Gasteiger partial charge on any atom is -0.497 e. The Morgan fingerprint density at radius 3 is 2.62 bits per heavy atom. The van der Waals surface area contributed by atoms with E-state index in [9.17, 15) is 9.59 Å². The Hall–Kier alpha value is -2.04. The third-order valence-electron chi connectivity index (χ3n) is 5.13. The Morgan fingerprint density at radius 2 is 2.00 bits per heavy atom. The van der Waals surface area contributed by atoms with Gasteiger partial charge in [0.25, 0.3) is 0 Å². The fraction of sp³-hybridized carbons (Fsp3) is 0.579. The minimum absolute atomic E-state index is 0.142.